The number of carbonyl (C=O) groups is 2. The van der Waals surface area contributed by atoms with Gasteiger partial charge in [-0.25, -0.2) is 0 Å². The van der Waals surface area contributed by atoms with Gasteiger partial charge in [0.25, 0.3) is 0 Å². The van der Waals surface area contributed by atoms with Gasteiger partial charge in [-0.05, 0) is 26.0 Å². The van der Waals surface area contributed by atoms with Gasteiger partial charge in [-0.1, -0.05) is 17.7 Å². The molecule has 1 rings (SSSR count). The van der Waals surface area contributed by atoms with Gasteiger partial charge in [0.1, 0.15) is 0 Å². The number of rotatable bonds is 8. The molecule has 0 bridgehead atoms. The predicted octanol–water partition coefficient (Wildman–Crippen LogP) is 3.47. The largest absolute Gasteiger partial charge is 0.390 e. The molecule has 2 amide bonds. The number of hydrogen-bond donors (Lipinski definition) is 1. The number of aryl methyl sites for hydroxylation is 1. The molecular formula is C16H21F3N2O2S. The van der Waals surface area contributed by atoms with E-state index in [1.165, 1.54) is 0 Å². The van der Waals surface area contributed by atoms with E-state index in [-0.39, 0.29) is 30.5 Å². The Kier molecular flexibility index (Phi) is 8.10. The topological polar surface area (TPSA) is 49.4 Å². The Bertz CT molecular complexity index is 547. The van der Waals surface area contributed by atoms with Crippen molar-refractivity contribution in [2.45, 2.75) is 26.4 Å². The smallest absolute Gasteiger partial charge is 0.342 e. The second kappa shape index (κ2) is 9.56. The number of nitrogens with one attached hydrogen (secondary N) is 1. The van der Waals surface area contributed by atoms with Crippen LogP contribution in [0.4, 0.5) is 18.9 Å². The maximum absolute atomic E-state index is 12.2. The van der Waals surface area contributed by atoms with E-state index in [9.17, 15) is 22.8 Å². The Hall–Kier alpha value is -1.70. The number of thioether (sulfide) groups is 1. The Morgan fingerprint density at radius 2 is 1.79 bits per heavy atom. The molecule has 4 nitrogen and oxygen atoms in total. The lowest BCUT2D eigenvalue weighted by Gasteiger charge is -2.21. The van der Waals surface area contributed by atoms with E-state index in [1.807, 2.05) is 19.1 Å². The van der Waals surface area contributed by atoms with Crippen molar-refractivity contribution in [3.05, 3.63) is 29.8 Å². The maximum Gasteiger partial charge on any atom is 0.390 e. The van der Waals surface area contributed by atoms with Crippen LogP contribution in [0.15, 0.2) is 24.3 Å². The highest BCUT2D eigenvalue weighted by Crippen LogP contribution is 2.20. The van der Waals surface area contributed by atoms with Crippen LogP contribution in [0.5, 0.6) is 0 Å². The zero-order valence-electron chi connectivity index (χ0n) is 13.7. The molecule has 1 aromatic carbocycles. The molecule has 0 fully saturated rings. The molecule has 134 valence electrons. The van der Waals surface area contributed by atoms with E-state index in [2.05, 4.69) is 5.32 Å². The molecule has 0 aliphatic carbocycles. The number of amides is 2. The zero-order valence-corrected chi connectivity index (χ0v) is 14.5. The number of alkyl halides is 3. The molecule has 0 saturated carbocycles. The Morgan fingerprint density at radius 1 is 1.17 bits per heavy atom. The van der Waals surface area contributed by atoms with Gasteiger partial charge in [-0.15, -0.1) is 11.8 Å². The molecular weight excluding hydrogens is 341 g/mol. The van der Waals surface area contributed by atoms with Crippen LogP contribution in [0.1, 0.15) is 18.9 Å². The van der Waals surface area contributed by atoms with E-state index in [1.54, 1.807) is 19.1 Å². The lowest BCUT2D eigenvalue weighted by molar-refractivity contribution is -0.143. The van der Waals surface area contributed by atoms with Crippen molar-refractivity contribution in [3.63, 3.8) is 0 Å². The second-order valence-electron chi connectivity index (χ2n) is 5.25. The highest BCUT2D eigenvalue weighted by molar-refractivity contribution is 8.00. The maximum atomic E-state index is 12.2. The van der Waals surface area contributed by atoms with E-state index in [0.29, 0.717) is 5.69 Å². The Balaban J connectivity index is 2.32. The van der Waals surface area contributed by atoms with Crippen LogP contribution in [0.2, 0.25) is 0 Å². The van der Waals surface area contributed by atoms with Crippen molar-refractivity contribution in [1.29, 1.82) is 0 Å². The summed E-state index contributed by atoms with van der Waals surface area (Å²) in [6.45, 7) is 3.42. The van der Waals surface area contributed by atoms with Crippen LogP contribution < -0.4 is 5.32 Å². The third-order valence-electron chi connectivity index (χ3n) is 3.19. The minimum Gasteiger partial charge on any atom is -0.342 e. The van der Waals surface area contributed by atoms with E-state index >= 15 is 0 Å². The first-order valence-corrected chi connectivity index (χ1v) is 8.65. The van der Waals surface area contributed by atoms with E-state index in [0.717, 1.165) is 22.2 Å². The summed E-state index contributed by atoms with van der Waals surface area (Å²) in [7, 11) is 0. The zero-order chi connectivity index (χ0) is 18.2. The fourth-order valence-corrected chi connectivity index (χ4v) is 2.59. The second-order valence-corrected chi connectivity index (χ2v) is 6.23. The summed E-state index contributed by atoms with van der Waals surface area (Å²) in [5.41, 5.74) is 1.74. The highest BCUT2D eigenvalue weighted by atomic mass is 32.2. The van der Waals surface area contributed by atoms with Gasteiger partial charge in [0.05, 0.1) is 17.9 Å². The lowest BCUT2D eigenvalue weighted by atomic mass is 10.2. The van der Waals surface area contributed by atoms with E-state index in [4.69, 9.17) is 0 Å². The molecule has 0 atom stereocenters. The van der Waals surface area contributed by atoms with Crippen LogP contribution in [-0.4, -0.2) is 47.5 Å². The molecule has 8 heteroatoms. The SMILES string of the molecule is CCN(CCC(F)(F)F)C(=O)CSCC(=O)Nc1ccc(C)cc1. The molecule has 24 heavy (non-hydrogen) atoms. The summed E-state index contributed by atoms with van der Waals surface area (Å²) in [6, 6.07) is 7.29. The predicted molar refractivity (Wildman–Crippen MR) is 90.1 cm³/mol. The summed E-state index contributed by atoms with van der Waals surface area (Å²) in [5.74, 6) is -0.603. The van der Waals surface area contributed by atoms with Crippen molar-refractivity contribution >= 4 is 29.3 Å². The number of hydrogen-bond acceptors (Lipinski definition) is 3. The average molecular weight is 362 g/mol. The average Bonchev–Trinajstić information content (AvgIpc) is 2.49. The fraction of sp³-hybridized carbons (Fsp3) is 0.500. The number of nitrogens with zero attached hydrogens (tertiary/aromatic N) is 1. The molecule has 0 aliphatic rings. The molecule has 0 radical (unpaired) electrons. The highest BCUT2D eigenvalue weighted by Gasteiger charge is 2.28. The number of anilines is 1. The third kappa shape index (κ3) is 8.24. The van der Waals surface area contributed by atoms with Crippen LogP contribution in [-0.2, 0) is 9.59 Å². The van der Waals surface area contributed by atoms with Gasteiger partial charge < -0.3 is 10.2 Å². The van der Waals surface area contributed by atoms with Crippen LogP contribution in [0.25, 0.3) is 0 Å². The monoisotopic (exact) mass is 362 g/mol. The number of benzene rings is 1. The van der Waals surface area contributed by atoms with Gasteiger partial charge in [0.2, 0.25) is 11.8 Å². The molecule has 0 spiro atoms. The first-order valence-electron chi connectivity index (χ1n) is 7.50. The first kappa shape index (κ1) is 20.3. The standard InChI is InChI=1S/C16H21F3N2O2S/c1-3-21(9-8-16(17,18)19)15(23)11-24-10-14(22)20-13-6-4-12(2)5-7-13/h4-7H,3,8-11H2,1-2H3,(H,20,22). The van der Waals surface area contributed by atoms with Crippen molar-refractivity contribution < 1.29 is 22.8 Å². The molecule has 0 aromatic heterocycles. The molecule has 0 unspecified atom stereocenters. The minimum atomic E-state index is -4.28. The number of halogens is 3. The fourth-order valence-electron chi connectivity index (χ4n) is 1.88. The van der Waals surface area contributed by atoms with Crippen molar-refractivity contribution in [2.24, 2.45) is 0 Å². The van der Waals surface area contributed by atoms with Gasteiger partial charge in [0.15, 0.2) is 0 Å². The molecule has 0 aliphatic heterocycles. The van der Waals surface area contributed by atoms with Crippen LogP contribution >= 0.6 is 11.8 Å². The summed E-state index contributed by atoms with van der Waals surface area (Å²) in [4.78, 5) is 24.8. The van der Waals surface area contributed by atoms with Gasteiger partial charge in [-0.2, -0.15) is 13.2 Å². The molecule has 0 saturated heterocycles. The van der Waals surface area contributed by atoms with Crippen molar-refractivity contribution in [1.82, 2.24) is 4.90 Å². The summed E-state index contributed by atoms with van der Waals surface area (Å²) < 4.78 is 36.6. The van der Waals surface area contributed by atoms with Gasteiger partial charge in [0, 0.05) is 18.8 Å². The quantitative estimate of drug-likeness (QED) is 0.770. The summed E-state index contributed by atoms with van der Waals surface area (Å²) in [6.07, 6.45) is -5.31. The van der Waals surface area contributed by atoms with E-state index < -0.39 is 18.5 Å². The summed E-state index contributed by atoms with van der Waals surface area (Å²) >= 11 is 1.08. The molecule has 0 heterocycles. The van der Waals surface area contributed by atoms with Crippen LogP contribution in [0, 0.1) is 6.92 Å². The van der Waals surface area contributed by atoms with Crippen LogP contribution in [0.3, 0.4) is 0 Å². The molecule has 1 aromatic rings. The Labute approximate surface area is 143 Å². The number of carbonyl (C=O) groups excluding carboxylic acids is 2. The third-order valence-corrected chi connectivity index (χ3v) is 4.11. The normalized spacial score (nSPS) is 11.2. The lowest BCUT2D eigenvalue weighted by Crippen LogP contribution is -2.35. The first-order chi connectivity index (χ1) is 11.2. The minimum absolute atomic E-state index is 0.0208. The van der Waals surface area contributed by atoms with Gasteiger partial charge >= 0.3 is 6.18 Å². The molecule has 1 N–H and O–H groups in total. The van der Waals surface area contributed by atoms with Crippen molar-refractivity contribution in [2.75, 3.05) is 29.9 Å². The summed E-state index contributed by atoms with van der Waals surface area (Å²) in [5, 5.41) is 2.70. The van der Waals surface area contributed by atoms with Crippen molar-refractivity contribution in [3.8, 4) is 0 Å². The Morgan fingerprint density at radius 3 is 2.33 bits per heavy atom. The van der Waals surface area contributed by atoms with Gasteiger partial charge in [-0.3, -0.25) is 9.59 Å².